The lowest BCUT2D eigenvalue weighted by molar-refractivity contribution is -0.192. The SMILES string of the molecule is O=C(C1CCC1)N1CCC2(CC1)CCn1c(-c3ccccc3)cnc12.O=C(O)C(F)(F)F. The van der Waals surface area contributed by atoms with Gasteiger partial charge in [-0.05, 0) is 37.7 Å². The van der Waals surface area contributed by atoms with E-state index in [1.165, 1.54) is 29.9 Å². The van der Waals surface area contributed by atoms with Crippen LogP contribution in [0.3, 0.4) is 0 Å². The molecule has 2 fully saturated rings. The van der Waals surface area contributed by atoms with E-state index in [1.54, 1.807) is 0 Å². The van der Waals surface area contributed by atoms with Gasteiger partial charge in [-0.25, -0.2) is 9.78 Å². The topological polar surface area (TPSA) is 75.4 Å². The molecule has 1 saturated heterocycles. The van der Waals surface area contributed by atoms with Crippen molar-refractivity contribution in [1.29, 1.82) is 0 Å². The molecule has 32 heavy (non-hydrogen) atoms. The number of hydrogen-bond donors (Lipinski definition) is 1. The molecule has 1 amide bonds. The van der Waals surface area contributed by atoms with Crippen LogP contribution in [0.2, 0.25) is 0 Å². The first kappa shape index (κ1) is 22.4. The second-order valence-corrected chi connectivity index (χ2v) is 8.77. The first-order valence-corrected chi connectivity index (χ1v) is 10.9. The lowest BCUT2D eigenvalue weighted by Crippen LogP contribution is -2.47. The van der Waals surface area contributed by atoms with Crippen molar-refractivity contribution in [2.24, 2.45) is 5.92 Å². The summed E-state index contributed by atoms with van der Waals surface area (Å²) >= 11 is 0. The van der Waals surface area contributed by atoms with Crippen LogP contribution < -0.4 is 0 Å². The van der Waals surface area contributed by atoms with Gasteiger partial charge in [0.15, 0.2) is 0 Å². The number of carboxylic acid groups (broad SMARTS) is 1. The van der Waals surface area contributed by atoms with E-state index in [0.29, 0.717) is 11.8 Å². The molecule has 2 aliphatic heterocycles. The zero-order valence-corrected chi connectivity index (χ0v) is 17.6. The van der Waals surface area contributed by atoms with Crippen LogP contribution in [0.5, 0.6) is 0 Å². The second-order valence-electron chi connectivity index (χ2n) is 8.77. The number of rotatable bonds is 2. The Morgan fingerprint density at radius 1 is 1.03 bits per heavy atom. The van der Waals surface area contributed by atoms with Crippen molar-refractivity contribution in [2.45, 2.75) is 56.7 Å². The Bertz CT molecular complexity index is 975. The highest BCUT2D eigenvalue weighted by atomic mass is 19.4. The van der Waals surface area contributed by atoms with Gasteiger partial charge in [-0.3, -0.25) is 4.79 Å². The Morgan fingerprint density at radius 2 is 1.62 bits per heavy atom. The molecule has 3 aliphatic rings. The molecule has 1 N–H and O–H groups in total. The molecule has 0 atom stereocenters. The Hall–Kier alpha value is -2.84. The summed E-state index contributed by atoms with van der Waals surface area (Å²) in [5.74, 6) is -0.772. The predicted molar refractivity (Wildman–Crippen MR) is 111 cm³/mol. The summed E-state index contributed by atoms with van der Waals surface area (Å²) in [4.78, 5) is 28.4. The van der Waals surface area contributed by atoms with E-state index in [0.717, 1.165) is 45.3 Å². The number of amides is 1. The molecule has 3 heterocycles. The van der Waals surface area contributed by atoms with Gasteiger partial charge in [0.2, 0.25) is 5.91 Å². The molecule has 5 rings (SSSR count). The zero-order chi connectivity index (χ0) is 22.9. The van der Waals surface area contributed by atoms with Gasteiger partial charge >= 0.3 is 12.1 Å². The van der Waals surface area contributed by atoms with E-state index in [9.17, 15) is 18.0 Å². The van der Waals surface area contributed by atoms with Crippen LogP contribution in [-0.4, -0.2) is 50.7 Å². The van der Waals surface area contributed by atoms with Crippen molar-refractivity contribution in [1.82, 2.24) is 14.5 Å². The van der Waals surface area contributed by atoms with Gasteiger partial charge in [-0.2, -0.15) is 13.2 Å². The summed E-state index contributed by atoms with van der Waals surface area (Å²) in [5.41, 5.74) is 2.67. The Morgan fingerprint density at radius 3 is 2.16 bits per heavy atom. The van der Waals surface area contributed by atoms with E-state index in [4.69, 9.17) is 14.9 Å². The first-order chi connectivity index (χ1) is 15.2. The fourth-order valence-corrected chi connectivity index (χ4v) is 4.84. The molecule has 1 aromatic carbocycles. The highest BCUT2D eigenvalue weighted by molar-refractivity contribution is 5.79. The third-order valence-electron chi connectivity index (χ3n) is 6.94. The lowest BCUT2D eigenvalue weighted by atomic mass is 9.76. The van der Waals surface area contributed by atoms with E-state index in [-0.39, 0.29) is 5.41 Å². The number of carbonyl (C=O) groups excluding carboxylic acids is 1. The number of carbonyl (C=O) groups is 2. The van der Waals surface area contributed by atoms with Crippen molar-refractivity contribution in [3.05, 3.63) is 42.4 Å². The summed E-state index contributed by atoms with van der Waals surface area (Å²) in [7, 11) is 0. The minimum Gasteiger partial charge on any atom is -0.475 e. The molecule has 1 aliphatic carbocycles. The van der Waals surface area contributed by atoms with E-state index < -0.39 is 12.1 Å². The lowest BCUT2D eigenvalue weighted by Gasteiger charge is -2.40. The Labute approximate surface area is 184 Å². The number of benzene rings is 1. The smallest absolute Gasteiger partial charge is 0.475 e. The molecule has 0 bridgehead atoms. The van der Waals surface area contributed by atoms with Crippen molar-refractivity contribution >= 4 is 11.9 Å². The summed E-state index contributed by atoms with van der Waals surface area (Å²) in [5, 5.41) is 7.12. The number of likely N-dealkylation sites (tertiary alicyclic amines) is 1. The van der Waals surface area contributed by atoms with Gasteiger partial charge in [0.25, 0.3) is 0 Å². The monoisotopic (exact) mass is 449 g/mol. The molecule has 6 nitrogen and oxygen atoms in total. The summed E-state index contributed by atoms with van der Waals surface area (Å²) in [6.07, 6.45) is 3.69. The average Bonchev–Trinajstić information content (AvgIpc) is 3.30. The van der Waals surface area contributed by atoms with E-state index in [2.05, 4.69) is 39.8 Å². The van der Waals surface area contributed by atoms with Crippen LogP contribution in [0.1, 0.15) is 44.3 Å². The minimum absolute atomic E-state index is 0.184. The standard InChI is InChI=1S/C21H25N3O.C2HF3O2/c25-19(17-7-4-8-17)23-12-9-21(10-13-23)11-14-24-18(15-22-20(21)24)16-5-2-1-3-6-16;3-2(4,5)1(6)7/h1-3,5-6,15,17H,4,7-14H2;(H,6,7). The van der Waals surface area contributed by atoms with Gasteiger partial charge in [0.05, 0.1) is 11.9 Å². The molecule has 1 saturated carbocycles. The highest BCUT2D eigenvalue weighted by Crippen LogP contribution is 2.45. The number of nitrogens with zero attached hydrogens (tertiary/aromatic N) is 3. The molecular formula is C23H26F3N3O3. The summed E-state index contributed by atoms with van der Waals surface area (Å²) in [6.45, 7) is 2.86. The van der Waals surface area contributed by atoms with Crippen LogP contribution in [0.25, 0.3) is 11.3 Å². The third kappa shape index (κ3) is 4.25. The fourth-order valence-electron chi connectivity index (χ4n) is 4.84. The quantitative estimate of drug-likeness (QED) is 0.744. The van der Waals surface area contributed by atoms with Gasteiger partial charge in [0.1, 0.15) is 5.82 Å². The molecule has 1 aromatic heterocycles. The van der Waals surface area contributed by atoms with Gasteiger partial charge in [0, 0.05) is 31.0 Å². The van der Waals surface area contributed by atoms with Gasteiger partial charge in [-0.1, -0.05) is 36.8 Å². The van der Waals surface area contributed by atoms with Crippen molar-refractivity contribution in [3.8, 4) is 11.3 Å². The molecule has 172 valence electrons. The third-order valence-corrected chi connectivity index (χ3v) is 6.94. The maximum absolute atomic E-state index is 12.5. The number of carboxylic acids is 1. The maximum atomic E-state index is 12.5. The number of imidazole rings is 1. The number of alkyl halides is 3. The van der Waals surface area contributed by atoms with E-state index in [1.807, 2.05) is 6.20 Å². The number of fused-ring (bicyclic) bond motifs is 2. The van der Waals surface area contributed by atoms with E-state index >= 15 is 0 Å². The first-order valence-electron chi connectivity index (χ1n) is 10.9. The molecule has 1 spiro atoms. The summed E-state index contributed by atoms with van der Waals surface area (Å²) < 4.78 is 34.2. The van der Waals surface area contributed by atoms with Crippen LogP contribution in [0.15, 0.2) is 36.5 Å². The average molecular weight is 449 g/mol. The molecule has 9 heteroatoms. The van der Waals surface area contributed by atoms with Crippen LogP contribution >= 0.6 is 0 Å². The van der Waals surface area contributed by atoms with Crippen LogP contribution in [0, 0.1) is 5.92 Å². The number of piperidine rings is 1. The van der Waals surface area contributed by atoms with Crippen molar-refractivity contribution in [3.63, 3.8) is 0 Å². The van der Waals surface area contributed by atoms with Gasteiger partial charge < -0.3 is 14.6 Å². The molecule has 0 radical (unpaired) electrons. The fraction of sp³-hybridized carbons (Fsp3) is 0.522. The number of aliphatic carboxylic acids is 1. The van der Waals surface area contributed by atoms with Crippen molar-refractivity contribution in [2.75, 3.05) is 13.1 Å². The Balaban J connectivity index is 0.000000307. The second kappa shape index (κ2) is 8.60. The van der Waals surface area contributed by atoms with Crippen molar-refractivity contribution < 1.29 is 27.9 Å². The maximum Gasteiger partial charge on any atom is 0.490 e. The van der Waals surface area contributed by atoms with Crippen LogP contribution in [-0.2, 0) is 21.5 Å². The number of hydrogen-bond acceptors (Lipinski definition) is 3. The normalized spacial score (nSPS) is 19.7. The molecule has 0 unspecified atom stereocenters. The Kier molecular flexibility index (Phi) is 6.01. The highest BCUT2D eigenvalue weighted by Gasteiger charge is 2.45. The summed E-state index contributed by atoms with van der Waals surface area (Å²) in [6, 6.07) is 10.6. The molecule has 2 aromatic rings. The zero-order valence-electron chi connectivity index (χ0n) is 17.6. The molecular weight excluding hydrogens is 423 g/mol. The predicted octanol–water partition coefficient (Wildman–Crippen LogP) is 4.25. The van der Waals surface area contributed by atoms with Gasteiger partial charge in [-0.15, -0.1) is 0 Å². The largest absolute Gasteiger partial charge is 0.490 e. The number of halogens is 3. The number of aromatic nitrogens is 2. The minimum atomic E-state index is -5.08. The van der Waals surface area contributed by atoms with Crippen LogP contribution in [0.4, 0.5) is 13.2 Å².